The van der Waals surface area contributed by atoms with Gasteiger partial charge < -0.3 is 10.5 Å². The van der Waals surface area contributed by atoms with Crippen molar-refractivity contribution in [1.29, 1.82) is 0 Å². The Hall–Kier alpha value is -1.61. The van der Waals surface area contributed by atoms with Crippen LogP contribution in [0.3, 0.4) is 0 Å². The number of aromatic nitrogens is 1. The van der Waals surface area contributed by atoms with Crippen LogP contribution in [0.15, 0.2) is 24.3 Å². The second-order valence-electron chi connectivity index (χ2n) is 3.89. The zero-order valence-electron chi connectivity index (χ0n) is 9.66. The predicted octanol–water partition coefficient (Wildman–Crippen LogP) is 2.19. The van der Waals surface area contributed by atoms with Crippen LogP contribution in [-0.4, -0.2) is 18.1 Å². The largest absolute Gasteiger partial charge is 0.476 e. The average Bonchev–Trinajstić information content (AvgIpc) is 2.28. The highest BCUT2D eigenvalue weighted by molar-refractivity contribution is 5.85. The first-order chi connectivity index (χ1) is 7.72. The number of nitrogens with two attached hydrogens (primary N) is 1. The van der Waals surface area contributed by atoms with Crippen molar-refractivity contribution in [3.05, 3.63) is 35.4 Å². The summed E-state index contributed by atoms with van der Waals surface area (Å²) in [6, 6.07) is 8.14. The van der Waals surface area contributed by atoms with Crippen LogP contribution in [0.5, 0.6) is 5.88 Å². The van der Waals surface area contributed by atoms with E-state index in [1.54, 1.807) is 0 Å². The Kier molecular flexibility index (Phi) is 3.06. The summed E-state index contributed by atoms with van der Waals surface area (Å²) in [6.07, 6.45) is 0. The third kappa shape index (κ3) is 1.99. The van der Waals surface area contributed by atoms with Crippen molar-refractivity contribution in [3.8, 4) is 5.88 Å². The van der Waals surface area contributed by atoms with Gasteiger partial charge in [0.05, 0.1) is 5.52 Å². The number of para-hydroxylation sites is 1. The summed E-state index contributed by atoms with van der Waals surface area (Å²) in [4.78, 5) is 4.50. The van der Waals surface area contributed by atoms with E-state index in [0.29, 0.717) is 19.0 Å². The Morgan fingerprint density at radius 3 is 2.81 bits per heavy atom. The molecule has 0 fully saturated rings. The number of benzene rings is 1. The summed E-state index contributed by atoms with van der Waals surface area (Å²) in [5.74, 6) is 0.657. The third-order valence-electron chi connectivity index (χ3n) is 2.59. The van der Waals surface area contributed by atoms with E-state index >= 15 is 0 Å². The summed E-state index contributed by atoms with van der Waals surface area (Å²) in [5.41, 5.74) is 8.76. The van der Waals surface area contributed by atoms with Gasteiger partial charge in [0.15, 0.2) is 0 Å². The van der Waals surface area contributed by atoms with Crippen LogP contribution in [0.25, 0.3) is 10.9 Å². The van der Waals surface area contributed by atoms with Gasteiger partial charge in [0.25, 0.3) is 0 Å². The summed E-state index contributed by atoms with van der Waals surface area (Å²) < 4.78 is 5.46. The average molecular weight is 216 g/mol. The molecule has 1 aromatic carbocycles. The van der Waals surface area contributed by atoms with Crippen LogP contribution in [0.4, 0.5) is 0 Å². The number of ether oxygens (including phenoxy) is 1. The number of nitrogens with zero attached hydrogens (tertiary/aromatic N) is 1. The lowest BCUT2D eigenvalue weighted by atomic mass is 10.1. The van der Waals surface area contributed by atoms with Gasteiger partial charge in [-0.3, -0.25) is 0 Å². The Morgan fingerprint density at radius 1 is 1.25 bits per heavy atom. The minimum atomic E-state index is 0.504. The zero-order valence-corrected chi connectivity index (χ0v) is 9.66. The van der Waals surface area contributed by atoms with Gasteiger partial charge >= 0.3 is 0 Å². The van der Waals surface area contributed by atoms with Gasteiger partial charge in [0.1, 0.15) is 6.61 Å². The summed E-state index contributed by atoms with van der Waals surface area (Å²) in [7, 11) is 0. The lowest BCUT2D eigenvalue weighted by Gasteiger charge is -2.09. The first-order valence-corrected chi connectivity index (χ1v) is 5.42. The molecule has 0 bridgehead atoms. The molecule has 16 heavy (non-hydrogen) atoms. The second-order valence-corrected chi connectivity index (χ2v) is 3.89. The molecule has 0 amide bonds. The van der Waals surface area contributed by atoms with Crippen LogP contribution >= 0.6 is 0 Å². The molecule has 0 aliphatic heterocycles. The molecular formula is C13H16N2O. The monoisotopic (exact) mass is 216 g/mol. The van der Waals surface area contributed by atoms with Crippen LogP contribution in [0.2, 0.25) is 0 Å². The van der Waals surface area contributed by atoms with E-state index in [2.05, 4.69) is 31.0 Å². The fourth-order valence-electron chi connectivity index (χ4n) is 1.77. The molecule has 0 radical (unpaired) electrons. The van der Waals surface area contributed by atoms with E-state index in [0.717, 1.165) is 5.52 Å². The lowest BCUT2D eigenvalue weighted by Crippen LogP contribution is -2.11. The van der Waals surface area contributed by atoms with E-state index in [-0.39, 0.29) is 0 Å². The fraction of sp³-hybridized carbons (Fsp3) is 0.308. The summed E-state index contributed by atoms with van der Waals surface area (Å²) >= 11 is 0. The molecule has 84 valence electrons. The molecule has 1 aromatic heterocycles. The molecule has 0 unspecified atom stereocenters. The Balaban J connectivity index is 2.52. The molecule has 0 aliphatic carbocycles. The van der Waals surface area contributed by atoms with Gasteiger partial charge in [-0.15, -0.1) is 0 Å². The van der Waals surface area contributed by atoms with Crippen molar-refractivity contribution in [2.45, 2.75) is 13.8 Å². The van der Waals surface area contributed by atoms with Gasteiger partial charge in [-0.25, -0.2) is 4.98 Å². The molecular weight excluding hydrogens is 200 g/mol. The number of rotatable bonds is 3. The maximum absolute atomic E-state index is 5.46. The van der Waals surface area contributed by atoms with Crippen molar-refractivity contribution >= 4 is 10.9 Å². The molecule has 2 rings (SSSR count). The molecule has 3 heteroatoms. The normalized spacial score (nSPS) is 10.7. The number of fused-ring (bicyclic) bond motifs is 1. The maximum atomic E-state index is 5.46. The van der Waals surface area contributed by atoms with Crippen molar-refractivity contribution in [2.24, 2.45) is 5.73 Å². The molecule has 1 heterocycles. The predicted molar refractivity (Wildman–Crippen MR) is 65.8 cm³/mol. The van der Waals surface area contributed by atoms with Crippen LogP contribution in [-0.2, 0) is 0 Å². The van der Waals surface area contributed by atoms with Gasteiger partial charge in [-0.1, -0.05) is 18.2 Å². The topological polar surface area (TPSA) is 48.1 Å². The quantitative estimate of drug-likeness (QED) is 0.855. The van der Waals surface area contributed by atoms with Crippen LogP contribution < -0.4 is 10.5 Å². The molecule has 0 saturated heterocycles. The van der Waals surface area contributed by atoms with E-state index < -0.39 is 0 Å². The van der Waals surface area contributed by atoms with Crippen molar-refractivity contribution in [3.63, 3.8) is 0 Å². The first-order valence-electron chi connectivity index (χ1n) is 5.42. The number of hydrogen-bond acceptors (Lipinski definition) is 3. The molecule has 0 spiro atoms. The first kappa shape index (κ1) is 10.9. The van der Waals surface area contributed by atoms with Gasteiger partial charge in [-0.2, -0.15) is 0 Å². The Morgan fingerprint density at radius 2 is 2.06 bits per heavy atom. The summed E-state index contributed by atoms with van der Waals surface area (Å²) in [5, 5.41) is 1.18. The third-order valence-corrected chi connectivity index (χ3v) is 2.59. The van der Waals surface area contributed by atoms with E-state index in [9.17, 15) is 0 Å². The number of aryl methyl sites for hydroxylation is 2. The van der Waals surface area contributed by atoms with Crippen molar-refractivity contribution < 1.29 is 4.74 Å². The second kappa shape index (κ2) is 4.49. The van der Waals surface area contributed by atoms with E-state index in [4.69, 9.17) is 10.5 Å². The number of pyridine rings is 1. The minimum Gasteiger partial charge on any atom is -0.476 e. The van der Waals surface area contributed by atoms with Crippen LogP contribution in [0.1, 0.15) is 11.1 Å². The maximum Gasteiger partial charge on any atom is 0.214 e. The highest BCUT2D eigenvalue weighted by Gasteiger charge is 2.05. The molecule has 0 saturated carbocycles. The number of hydrogen-bond donors (Lipinski definition) is 1. The van der Waals surface area contributed by atoms with Crippen LogP contribution in [0, 0.1) is 13.8 Å². The van der Waals surface area contributed by atoms with Crippen molar-refractivity contribution in [2.75, 3.05) is 13.2 Å². The zero-order chi connectivity index (χ0) is 11.5. The highest BCUT2D eigenvalue weighted by Crippen LogP contribution is 2.23. The molecule has 0 aliphatic rings. The van der Waals surface area contributed by atoms with E-state index in [1.165, 1.54) is 16.5 Å². The highest BCUT2D eigenvalue weighted by atomic mass is 16.5. The van der Waals surface area contributed by atoms with Gasteiger partial charge in [0, 0.05) is 18.0 Å². The molecule has 2 N–H and O–H groups in total. The standard InChI is InChI=1S/C13H16N2O/c1-9-4-3-5-11-10(2)8-12(15-13(9)11)16-7-6-14/h3-5,8H,6-7,14H2,1-2H3. The van der Waals surface area contributed by atoms with E-state index in [1.807, 2.05) is 12.1 Å². The Labute approximate surface area is 95.2 Å². The summed E-state index contributed by atoms with van der Waals surface area (Å²) in [6.45, 7) is 5.14. The smallest absolute Gasteiger partial charge is 0.214 e. The van der Waals surface area contributed by atoms with Gasteiger partial charge in [-0.05, 0) is 25.0 Å². The lowest BCUT2D eigenvalue weighted by molar-refractivity contribution is 0.316. The molecule has 0 atom stereocenters. The molecule has 2 aromatic rings. The minimum absolute atomic E-state index is 0.504. The molecule has 3 nitrogen and oxygen atoms in total. The SMILES string of the molecule is Cc1cc(OCCN)nc2c(C)cccc12. The van der Waals surface area contributed by atoms with Gasteiger partial charge in [0.2, 0.25) is 5.88 Å². The fourth-order valence-corrected chi connectivity index (χ4v) is 1.77. The van der Waals surface area contributed by atoms with Crippen molar-refractivity contribution in [1.82, 2.24) is 4.98 Å². The Bertz CT molecular complexity index is 509.